The van der Waals surface area contributed by atoms with Gasteiger partial charge in [0.1, 0.15) is 11.7 Å². The number of piperazine rings is 1. The van der Waals surface area contributed by atoms with E-state index in [9.17, 15) is 14.7 Å². The Morgan fingerprint density at radius 1 is 1.12 bits per heavy atom. The number of aliphatic hydroxyl groups excluding tert-OH is 1. The number of amides is 2. The topological polar surface area (TPSA) is 60.9 Å². The largest absolute Gasteiger partial charge is 0.396 e. The molecule has 0 aromatic rings. The lowest BCUT2D eigenvalue weighted by Gasteiger charge is -2.40. The van der Waals surface area contributed by atoms with Gasteiger partial charge in [0.05, 0.1) is 6.61 Å². The molecule has 0 aromatic carbocycles. The normalized spacial score (nSPS) is 24.1. The van der Waals surface area contributed by atoms with E-state index >= 15 is 0 Å². The van der Waals surface area contributed by atoms with Crippen LogP contribution in [0.25, 0.3) is 0 Å². The molecular formula is C14H18Cl6N2O3. The highest BCUT2D eigenvalue weighted by molar-refractivity contribution is 6.68. The molecule has 1 aliphatic heterocycles. The Morgan fingerprint density at radius 2 is 1.64 bits per heavy atom. The number of rotatable bonds is 4. The minimum atomic E-state index is -1.77. The summed E-state index contributed by atoms with van der Waals surface area (Å²) in [7, 11) is 2.90. The molecular weight excluding hydrogens is 457 g/mol. The van der Waals surface area contributed by atoms with Crippen molar-refractivity contribution >= 4 is 81.4 Å². The van der Waals surface area contributed by atoms with Crippen LogP contribution in [0.4, 0.5) is 0 Å². The molecule has 11 heteroatoms. The molecule has 3 atom stereocenters. The molecule has 1 fully saturated rings. The number of hydrogen-bond acceptors (Lipinski definition) is 3. The number of allylic oxidation sites excluding steroid dienone is 1. The van der Waals surface area contributed by atoms with Crippen molar-refractivity contribution in [2.24, 2.45) is 11.8 Å². The molecule has 144 valence electrons. The van der Waals surface area contributed by atoms with Crippen LogP contribution >= 0.6 is 69.6 Å². The fraction of sp³-hybridized carbons (Fsp3) is 0.714. The summed E-state index contributed by atoms with van der Waals surface area (Å²) in [6, 6.07) is -0.884. The van der Waals surface area contributed by atoms with Gasteiger partial charge >= 0.3 is 0 Å². The number of likely N-dealkylation sites (N-methyl/N-ethyl adjacent to an activating group) is 2. The van der Waals surface area contributed by atoms with E-state index in [2.05, 4.69) is 0 Å². The van der Waals surface area contributed by atoms with E-state index < -0.39 is 43.9 Å². The molecule has 0 aromatic heterocycles. The van der Waals surface area contributed by atoms with Gasteiger partial charge in [0.25, 0.3) is 5.91 Å². The van der Waals surface area contributed by atoms with E-state index in [0.717, 1.165) is 0 Å². The number of carbonyl (C=O) groups excluding carboxylic acids is 2. The summed E-state index contributed by atoms with van der Waals surface area (Å²) in [5.41, 5.74) is 0.0945. The molecule has 0 radical (unpaired) electrons. The average Bonchev–Trinajstić information content (AvgIpc) is 2.47. The van der Waals surface area contributed by atoms with Gasteiger partial charge in [0.15, 0.2) is 7.59 Å². The molecule has 1 rings (SSSR count). The summed E-state index contributed by atoms with van der Waals surface area (Å²) in [5, 5.41) is 9.42. The molecule has 25 heavy (non-hydrogen) atoms. The Bertz CT molecular complexity index is 558. The average molecular weight is 475 g/mol. The summed E-state index contributed by atoms with van der Waals surface area (Å²) >= 11 is 34.9. The second-order valence-corrected chi connectivity index (χ2v) is 10.6. The van der Waals surface area contributed by atoms with Gasteiger partial charge in [-0.15, -0.1) is 0 Å². The third kappa shape index (κ3) is 5.68. The first-order valence-corrected chi connectivity index (χ1v) is 9.49. The van der Waals surface area contributed by atoms with Crippen LogP contribution in [0, 0.1) is 11.8 Å². The third-order valence-electron chi connectivity index (χ3n) is 4.10. The molecule has 1 saturated heterocycles. The van der Waals surface area contributed by atoms with Gasteiger partial charge in [0.2, 0.25) is 5.91 Å². The van der Waals surface area contributed by atoms with E-state index in [1.807, 2.05) is 0 Å². The van der Waals surface area contributed by atoms with E-state index in [4.69, 9.17) is 69.6 Å². The van der Waals surface area contributed by atoms with Gasteiger partial charge < -0.3 is 14.9 Å². The maximum absolute atomic E-state index is 12.7. The molecule has 2 amide bonds. The van der Waals surface area contributed by atoms with Crippen LogP contribution in [0.3, 0.4) is 0 Å². The Kier molecular flexibility index (Phi) is 8.05. The van der Waals surface area contributed by atoms with Crippen molar-refractivity contribution in [2.75, 3.05) is 20.7 Å². The zero-order valence-corrected chi connectivity index (χ0v) is 18.2. The van der Waals surface area contributed by atoms with Gasteiger partial charge in [-0.3, -0.25) is 9.59 Å². The van der Waals surface area contributed by atoms with Crippen molar-refractivity contribution in [3.63, 3.8) is 0 Å². The highest BCUT2D eigenvalue weighted by Crippen LogP contribution is 2.40. The highest BCUT2D eigenvalue weighted by atomic mass is 35.6. The van der Waals surface area contributed by atoms with Gasteiger partial charge in [-0.1, -0.05) is 76.5 Å². The van der Waals surface area contributed by atoms with Crippen molar-refractivity contribution in [3.05, 3.63) is 11.8 Å². The van der Waals surface area contributed by atoms with Crippen molar-refractivity contribution in [1.29, 1.82) is 0 Å². The maximum Gasteiger partial charge on any atom is 0.270 e. The lowest BCUT2D eigenvalue weighted by atomic mass is 9.96. The van der Waals surface area contributed by atoms with Crippen LogP contribution < -0.4 is 0 Å². The monoisotopic (exact) mass is 472 g/mol. The molecule has 0 bridgehead atoms. The molecule has 0 aliphatic carbocycles. The van der Waals surface area contributed by atoms with E-state index in [0.29, 0.717) is 0 Å². The van der Waals surface area contributed by atoms with Gasteiger partial charge in [-0.05, 0) is 12.5 Å². The van der Waals surface area contributed by atoms with Crippen molar-refractivity contribution < 1.29 is 14.7 Å². The fourth-order valence-electron chi connectivity index (χ4n) is 2.33. The van der Waals surface area contributed by atoms with Crippen LogP contribution in [-0.2, 0) is 9.59 Å². The summed E-state index contributed by atoms with van der Waals surface area (Å²) in [5.74, 6) is -2.25. The first-order chi connectivity index (χ1) is 11.2. The molecule has 0 spiro atoms. The zero-order valence-electron chi connectivity index (χ0n) is 13.6. The number of hydrogen-bond donors (Lipinski definition) is 1. The number of carbonyl (C=O) groups is 2. The third-order valence-corrected chi connectivity index (χ3v) is 6.06. The summed E-state index contributed by atoms with van der Waals surface area (Å²) in [6.07, 6.45) is 1.42. The Labute approximate surface area is 176 Å². The first-order valence-electron chi connectivity index (χ1n) is 7.22. The second-order valence-electron chi connectivity index (χ2n) is 5.87. The minimum absolute atomic E-state index is 0.00823. The summed E-state index contributed by atoms with van der Waals surface area (Å²) < 4.78 is -3.39. The number of halogens is 6. The molecule has 5 nitrogen and oxygen atoms in total. The molecule has 0 unspecified atom stereocenters. The van der Waals surface area contributed by atoms with Gasteiger partial charge in [0, 0.05) is 25.9 Å². The smallest absolute Gasteiger partial charge is 0.270 e. The lowest BCUT2D eigenvalue weighted by Crippen LogP contribution is -2.57. The van der Waals surface area contributed by atoms with E-state index in [1.54, 1.807) is 6.92 Å². The van der Waals surface area contributed by atoms with Crippen LogP contribution in [0.15, 0.2) is 11.8 Å². The summed E-state index contributed by atoms with van der Waals surface area (Å²) in [4.78, 5) is 27.8. The highest BCUT2D eigenvalue weighted by Gasteiger charge is 2.44. The van der Waals surface area contributed by atoms with Crippen molar-refractivity contribution in [3.8, 4) is 0 Å². The summed E-state index contributed by atoms with van der Waals surface area (Å²) in [6.45, 7) is 1.17. The molecule has 1 N–H and O–H groups in total. The van der Waals surface area contributed by atoms with E-state index in [1.165, 1.54) is 30.0 Å². The Morgan fingerprint density at radius 3 is 2.04 bits per heavy atom. The quantitative estimate of drug-likeness (QED) is 0.500. The molecule has 0 saturated carbocycles. The van der Waals surface area contributed by atoms with Crippen LogP contribution in [0.2, 0.25) is 0 Å². The predicted octanol–water partition coefficient (Wildman–Crippen LogP) is 3.54. The Hall–Kier alpha value is 0.380. The van der Waals surface area contributed by atoms with Gasteiger partial charge in [-0.25, -0.2) is 0 Å². The Balaban J connectivity index is 3.12. The lowest BCUT2D eigenvalue weighted by molar-refractivity contribution is -0.149. The first kappa shape index (κ1) is 23.4. The maximum atomic E-state index is 12.7. The minimum Gasteiger partial charge on any atom is -0.396 e. The predicted molar refractivity (Wildman–Crippen MR) is 102 cm³/mol. The van der Waals surface area contributed by atoms with Gasteiger partial charge in [-0.2, -0.15) is 0 Å². The molecule has 1 heterocycles. The number of aliphatic hydroxyl groups is 1. The standard InChI is InChI=1S/C14H18Cl6N2O3/c1-7(13(15,16)17)4-9-11(24)22(3)10(12(25)21(9)2)5-8(6-23)14(18,19)20/h4,7-8,10,23H,5-6H2,1-3H3/b9-4+/t7-,8+,10-/m0/s1. The molecule has 1 aliphatic rings. The number of nitrogens with zero attached hydrogens (tertiary/aromatic N) is 2. The van der Waals surface area contributed by atoms with Crippen LogP contribution in [-0.4, -0.2) is 61.0 Å². The van der Waals surface area contributed by atoms with Crippen molar-refractivity contribution in [2.45, 2.75) is 27.0 Å². The SMILES string of the molecule is C[C@@H](/C=C1\C(=O)N(C)[C@@H](C[C@H](CO)C(Cl)(Cl)Cl)C(=O)N1C)C(Cl)(Cl)Cl. The van der Waals surface area contributed by atoms with Crippen LogP contribution in [0.5, 0.6) is 0 Å². The van der Waals surface area contributed by atoms with E-state index in [-0.39, 0.29) is 12.1 Å². The van der Waals surface area contributed by atoms with Crippen molar-refractivity contribution in [1.82, 2.24) is 9.80 Å². The fourth-order valence-corrected chi connectivity index (χ4v) is 2.99. The van der Waals surface area contributed by atoms with Crippen LogP contribution in [0.1, 0.15) is 13.3 Å². The zero-order chi connectivity index (χ0) is 19.7. The number of alkyl halides is 6. The second kappa shape index (κ2) is 8.59.